The lowest BCUT2D eigenvalue weighted by atomic mass is 10.0. The number of benzene rings is 1. The van der Waals surface area contributed by atoms with Crippen molar-refractivity contribution in [2.45, 2.75) is 39.2 Å². The molecule has 0 spiro atoms. The quantitative estimate of drug-likeness (QED) is 0.832. The van der Waals surface area contributed by atoms with Gasteiger partial charge < -0.3 is 15.7 Å². The van der Waals surface area contributed by atoms with Crippen LogP contribution in [0.15, 0.2) is 24.3 Å². The normalized spacial score (nSPS) is 11.2. The van der Waals surface area contributed by atoms with Gasteiger partial charge in [-0.25, -0.2) is 0 Å². The van der Waals surface area contributed by atoms with Gasteiger partial charge in [-0.3, -0.25) is 9.59 Å². The van der Waals surface area contributed by atoms with Crippen LogP contribution in [-0.2, 0) is 9.59 Å². The number of hydrogen-bond donors (Lipinski definition) is 2. The van der Waals surface area contributed by atoms with E-state index in [1.165, 1.54) is 4.90 Å². The van der Waals surface area contributed by atoms with Crippen LogP contribution >= 0.6 is 0 Å². The number of nitrogens with two attached hydrogens (primary N) is 1. The van der Waals surface area contributed by atoms with E-state index in [1.807, 2.05) is 31.2 Å². The van der Waals surface area contributed by atoms with Crippen molar-refractivity contribution in [1.29, 1.82) is 0 Å². The number of carboxylic acids is 1. The van der Waals surface area contributed by atoms with Gasteiger partial charge in [0.2, 0.25) is 5.91 Å². The SMILES string of the molecule is Cc1ccccc1N(CCC(=O)O)C(=O)CC(C)(C)N. The maximum atomic E-state index is 12.4. The van der Waals surface area contributed by atoms with E-state index in [9.17, 15) is 9.59 Å². The number of para-hydroxylation sites is 1. The molecule has 0 bridgehead atoms. The van der Waals surface area contributed by atoms with Crippen molar-refractivity contribution in [1.82, 2.24) is 0 Å². The first-order valence-electron chi connectivity index (χ1n) is 6.57. The molecule has 1 aromatic rings. The Balaban J connectivity index is 2.99. The summed E-state index contributed by atoms with van der Waals surface area (Å²) < 4.78 is 0. The molecule has 5 nitrogen and oxygen atoms in total. The highest BCUT2D eigenvalue weighted by Gasteiger charge is 2.23. The summed E-state index contributed by atoms with van der Waals surface area (Å²) in [6.45, 7) is 5.59. The van der Waals surface area contributed by atoms with Crippen LogP contribution in [0.3, 0.4) is 0 Å². The van der Waals surface area contributed by atoms with Crippen LogP contribution in [-0.4, -0.2) is 29.1 Å². The smallest absolute Gasteiger partial charge is 0.305 e. The average molecular weight is 278 g/mol. The highest BCUT2D eigenvalue weighted by Crippen LogP contribution is 2.22. The Labute approximate surface area is 119 Å². The Morgan fingerprint density at radius 1 is 1.30 bits per heavy atom. The van der Waals surface area contributed by atoms with Crippen LogP contribution < -0.4 is 10.6 Å². The zero-order chi connectivity index (χ0) is 15.3. The first-order chi connectivity index (χ1) is 9.20. The molecule has 110 valence electrons. The number of amides is 1. The summed E-state index contributed by atoms with van der Waals surface area (Å²) in [7, 11) is 0. The van der Waals surface area contributed by atoms with Gasteiger partial charge in [-0.1, -0.05) is 18.2 Å². The number of aryl methyl sites for hydroxylation is 1. The van der Waals surface area contributed by atoms with Crippen LogP contribution in [0.2, 0.25) is 0 Å². The second kappa shape index (κ2) is 6.52. The molecule has 0 aliphatic rings. The molecule has 0 aliphatic carbocycles. The third-order valence-electron chi connectivity index (χ3n) is 2.86. The van der Waals surface area contributed by atoms with Gasteiger partial charge in [0.1, 0.15) is 0 Å². The first kappa shape index (κ1) is 16.2. The second-order valence-electron chi connectivity index (χ2n) is 5.64. The van der Waals surface area contributed by atoms with E-state index >= 15 is 0 Å². The van der Waals surface area contributed by atoms with Crippen LogP contribution in [0.25, 0.3) is 0 Å². The Morgan fingerprint density at radius 2 is 1.90 bits per heavy atom. The molecule has 0 radical (unpaired) electrons. The minimum Gasteiger partial charge on any atom is -0.481 e. The zero-order valence-electron chi connectivity index (χ0n) is 12.2. The van der Waals surface area contributed by atoms with Gasteiger partial charge in [0, 0.05) is 24.2 Å². The number of carbonyl (C=O) groups is 2. The van der Waals surface area contributed by atoms with E-state index in [4.69, 9.17) is 10.8 Å². The standard InChI is InChI=1S/C15H22N2O3/c1-11-6-4-5-7-12(11)17(9-8-14(19)20)13(18)10-15(2,3)16/h4-7H,8-10,16H2,1-3H3,(H,19,20). The Morgan fingerprint density at radius 3 is 2.40 bits per heavy atom. The number of carbonyl (C=O) groups excluding carboxylic acids is 1. The van der Waals surface area contributed by atoms with Crippen molar-refractivity contribution < 1.29 is 14.7 Å². The van der Waals surface area contributed by atoms with E-state index in [1.54, 1.807) is 13.8 Å². The Hall–Kier alpha value is -1.88. The fourth-order valence-corrected chi connectivity index (χ4v) is 1.94. The molecule has 3 N–H and O–H groups in total. The fraction of sp³-hybridized carbons (Fsp3) is 0.467. The van der Waals surface area contributed by atoms with E-state index < -0.39 is 11.5 Å². The molecule has 0 fully saturated rings. The number of anilines is 1. The van der Waals surface area contributed by atoms with Gasteiger partial charge in [0.05, 0.1) is 6.42 Å². The molecule has 0 aromatic heterocycles. The summed E-state index contributed by atoms with van der Waals surface area (Å²) in [5.41, 5.74) is 6.93. The molecule has 0 heterocycles. The fourth-order valence-electron chi connectivity index (χ4n) is 1.94. The number of hydrogen-bond acceptors (Lipinski definition) is 3. The summed E-state index contributed by atoms with van der Waals surface area (Å²) >= 11 is 0. The highest BCUT2D eigenvalue weighted by molar-refractivity contribution is 5.95. The van der Waals surface area contributed by atoms with Crippen LogP contribution in [0, 0.1) is 6.92 Å². The van der Waals surface area contributed by atoms with E-state index in [0.29, 0.717) is 0 Å². The van der Waals surface area contributed by atoms with E-state index in [-0.39, 0.29) is 25.3 Å². The molecule has 1 rings (SSSR count). The van der Waals surface area contributed by atoms with Crippen LogP contribution in [0.1, 0.15) is 32.3 Å². The highest BCUT2D eigenvalue weighted by atomic mass is 16.4. The lowest BCUT2D eigenvalue weighted by molar-refractivity contribution is -0.136. The molecule has 0 atom stereocenters. The minimum atomic E-state index is -0.927. The van der Waals surface area contributed by atoms with Gasteiger partial charge in [-0.05, 0) is 32.4 Å². The minimum absolute atomic E-state index is 0.0922. The summed E-state index contributed by atoms with van der Waals surface area (Å²) in [6, 6.07) is 7.42. The molecule has 0 aliphatic heterocycles. The predicted molar refractivity (Wildman–Crippen MR) is 78.7 cm³/mol. The molecule has 20 heavy (non-hydrogen) atoms. The van der Waals surface area contributed by atoms with Crippen molar-refractivity contribution >= 4 is 17.6 Å². The van der Waals surface area contributed by atoms with Crippen molar-refractivity contribution in [3.63, 3.8) is 0 Å². The third kappa shape index (κ3) is 5.01. The molecule has 0 saturated heterocycles. The topological polar surface area (TPSA) is 83.6 Å². The van der Waals surface area contributed by atoms with Gasteiger partial charge >= 0.3 is 5.97 Å². The van der Waals surface area contributed by atoms with Crippen LogP contribution in [0.5, 0.6) is 0 Å². The van der Waals surface area contributed by atoms with Crippen LogP contribution in [0.4, 0.5) is 5.69 Å². The number of rotatable bonds is 6. The van der Waals surface area contributed by atoms with Crippen molar-refractivity contribution in [3.05, 3.63) is 29.8 Å². The Kier molecular flexibility index (Phi) is 5.27. The molecular formula is C15H22N2O3. The van der Waals surface area contributed by atoms with Gasteiger partial charge in [0.15, 0.2) is 0 Å². The maximum absolute atomic E-state index is 12.4. The number of nitrogens with zero attached hydrogens (tertiary/aromatic N) is 1. The predicted octanol–water partition coefficient (Wildman–Crippen LogP) is 1.93. The van der Waals surface area contributed by atoms with E-state index in [0.717, 1.165) is 11.3 Å². The largest absolute Gasteiger partial charge is 0.481 e. The number of aliphatic carboxylic acids is 1. The molecule has 0 unspecified atom stereocenters. The summed E-state index contributed by atoms with van der Waals surface area (Å²) in [6.07, 6.45) is 0.0754. The van der Waals surface area contributed by atoms with Gasteiger partial charge in [0.25, 0.3) is 0 Å². The maximum Gasteiger partial charge on any atom is 0.305 e. The summed E-state index contributed by atoms with van der Waals surface area (Å²) in [4.78, 5) is 24.7. The number of carboxylic acid groups (broad SMARTS) is 1. The average Bonchev–Trinajstić information content (AvgIpc) is 2.28. The van der Waals surface area contributed by atoms with Gasteiger partial charge in [-0.2, -0.15) is 0 Å². The Bertz CT molecular complexity index is 492. The van der Waals surface area contributed by atoms with Crippen molar-refractivity contribution in [2.75, 3.05) is 11.4 Å². The lowest BCUT2D eigenvalue weighted by Crippen LogP contribution is -2.42. The first-order valence-corrected chi connectivity index (χ1v) is 6.57. The van der Waals surface area contributed by atoms with Crippen molar-refractivity contribution in [2.24, 2.45) is 5.73 Å². The lowest BCUT2D eigenvalue weighted by Gasteiger charge is -2.27. The van der Waals surface area contributed by atoms with Crippen molar-refractivity contribution in [3.8, 4) is 0 Å². The van der Waals surface area contributed by atoms with Gasteiger partial charge in [-0.15, -0.1) is 0 Å². The molecule has 5 heteroatoms. The molecule has 0 saturated carbocycles. The summed E-state index contributed by atoms with van der Waals surface area (Å²) in [5.74, 6) is -1.09. The zero-order valence-corrected chi connectivity index (χ0v) is 12.2. The summed E-state index contributed by atoms with van der Waals surface area (Å²) in [5, 5.41) is 8.83. The monoisotopic (exact) mass is 278 g/mol. The molecular weight excluding hydrogens is 256 g/mol. The van der Waals surface area contributed by atoms with E-state index in [2.05, 4.69) is 0 Å². The molecule has 1 amide bonds. The molecule has 1 aromatic carbocycles. The third-order valence-corrected chi connectivity index (χ3v) is 2.86. The second-order valence-corrected chi connectivity index (χ2v) is 5.64.